The van der Waals surface area contributed by atoms with Crippen LogP contribution >= 0.6 is 0 Å². The van der Waals surface area contributed by atoms with Gasteiger partial charge in [0.2, 0.25) is 0 Å². The number of rotatable bonds is 4. The summed E-state index contributed by atoms with van der Waals surface area (Å²) in [6.07, 6.45) is 5.31. The van der Waals surface area contributed by atoms with Crippen molar-refractivity contribution < 1.29 is 4.92 Å². The number of para-hydroxylation sites is 1. The van der Waals surface area contributed by atoms with Crippen molar-refractivity contribution in [1.82, 2.24) is 0 Å². The maximum Gasteiger partial charge on any atom is 0.272 e. The van der Waals surface area contributed by atoms with E-state index in [1.54, 1.807) is 12.1 Å². The Balaban J connectivity index is 2.26. The highest BCUT2D eigenvalue weighted by molar-refractivity contribution is 5.40. The second-order valence-corrected chi connectivity index (χ2v) is 4.97. The maximum absolute atomic E-state index is 11.0. The zero-order valence-corrected chi connectivity index (χ0v) is 9.89. The minimum Gasteiger partial charge on any atom is -0.330 e. The molecule has 1 aromatic rings. The standard InChI is InChI=1S/C13H18N2O2/c14-10-13(7-3-4-8-13)9-11-5-1-2-6-12(11)15(16)17/h1-2,5-6H,3-4,7-10,14H2. The van der Waals surface area contributed by atoms with Crippen LogP contribution in [-0.2, 0) is 6.42 Å². The van der Waals surface area contributed by atoms with E-state index in [-0.39, 0.29) is 16.0 Å². The summed E-state index contributed by atoms with van der Waals surface area (Å²) >= 11 is 0. The van der Waals surface area contributed by atoms with Crippen LogP contribution < -0.4 is 5.73 Å². The normalized spacial score (nSPS) is 18.2. The van der Waals surface area contributed by atoms with Crippen molar-refractivity contribution in [2.75, 3.05) is 6.54 Å². The Morgan fingerprint density at radius 3 is 2.53 bits per heavy atom. The van der Waals surface area contributed by atoms with E-state index < -0.39 is 0 Å². The molecule has 0 atom stereocenters. The van der Waals surface area contributed by atoms with Gasteiger partial charge in [0.1, 0.15) is 0 Å². The second-order valence-electron chi connectivity index (χ2n) is 4.97. The van der Waals surface area contributed by atoms with Crippen molar-refractivity contribution in [3.8, 4) is 0 Å². The molecular formula is C13H18N2O2. The first-order chi connectivity index (χ1) is 8.17. The van der Waals surface area contributed by atoms with Crippen molar-refractivity contribution in [1.29, 1.82) is 0 Å². The molecule has 1 aliphatic carbocycles. The largest absolute Gasteiger partial charge is 0.330 e. The van der Waals surface area contributed by atoms with Gasteiger partial charge in [-0.05, 0) is 31.2 Å². The third-order valence-corrected chi connectivity index (χ3v) is 3.85. The van der Waals surface area contributed by atoms with E-state index in [2.05, 4.69) is 0 Å². The highest BCUT2D eigenvalue weighted by Crippen LogP contribution is 2.41. The Labute approximate surface area is 101 Å². The predicted molar refractivity (Wildman–Crippen MR) is 66.8 cm³/mol. The van der Waals surface area contributed by atoms with Crippen LogP contribution in [0.4, 0.5) is 5.69 Å². The molecule has 0 aromatic heterocycles. The summed E-state index contributed by atoms with van der Waals surface area (Å²) in [6, 6.07) is 7.01. The van der Waals surface area contributed by atoms with Gasteiger partial charge in [-0.25, -0.2) is 0 Å². The SMILES string of the molecule is NCC1(Cc2ccccc2[N+](=O)[O-])CCCC1. The van der Waals surface area contributed by atoms with Gasteiger partial charge in [-0.1, -0.05) is 31.0 Å². The minimum atomic E-state index is -0.297. The number of nitro benzene ring substituents is 1. The smallest absolute Gasteiger partial charge is 0.272 e. The zero-order chi connectivity index (χ0) is 12.3. The topological polar surface area (TPSA) is 69.2 Å². The summed E-state index contributed by atoms with van der Waals surface area (Å²) in [6.45, 7) is 0.624. The predicted octanol–water partition coefficient (Wildman–Crippen LogP) is 2.66. The van der Waals surface area contributed by atoms with Crippen LogP contribution in [0.1, 0.15) is 31.2 Å². The van der Waals surface area contributed by atoms with Gasteiger partial charge in [0.15, 0.2) is 0 Å². The molecule has 92 valence electrons. The lowest BCUT2D eigenvalue weighted by Gasteiger charge is -2.26. The lowest BCUT2D eigenvalue weighted by Crippen LogP contribution is -2.30. The highest BCUT2D eigenvalue weighted by atomic mass is 16.6. The van der Waals surface area contributed by atoms with Crippen LogP contribution in [0.25, 0.3) is 0 Å². The molecule has 1 aliphatic rings. The summed E-state index contributed by atoms with van der Waals surface area (Å²) in [4.78, 5) is 10.7. The second kappa shape index (κ2) is 4.84. The van der Waals surface area contributed by atoms with Crippen molar-refractivity contribution in [2.45, 2.75) is 32.1 Å². The molecule has 0 spiro atoms. The van der Waals surface area contributed by atoms with Gasteiger partial charge < -0.3 is 5.73 Å². The molecule has 2 rings (SSSR count). The Hall–Kier alpha value is -1.42. The van der Waals surface area contributed by atoms with Gasteiger partial charge in [0, 0.05) is 11.6 Å². The fraction of sp³-hybridized carbons (Fsp3) is 0.538. The van der Waals surface area contributed by atoms with Crippen LogP contribution in [0.3, 0.4) is 0 Å². The molecule has 4 heteroatoms. The quantitative estimate of drug-likeness (QED) is 0.643. The summed E-state index contributed by atoms with van der Waals surface area (Å²) in [7, 11) is 0. The van der Waals surface area contributed by atoms with Crippen LogP contribution in [0.2, 0.25) is 0 Å². The number of nitro groups is 1. The third kappa shape index (κ3) is 2.47. The first kappa shape index (κ1) is 12.0. The fourth-order valence-corrected chi connectivity index (χ4v) is 2.82. The number of hydrogen-bond donors (Lipinski definition) is 1. The van der Waals surface area contributed by atoms with Crippen molar-refractivity contribution >= 4 is 5.69 Å². The van der Waals surface area contributed by atoms with Crippen molar-refractivity contribution in [3.05, 3.63) is 39.9 Å². The Morgan fingerprint density at radius 2 is 1.94 bits per heavy atom. The molecule has 0 aliphatic heterocycles. The molecule has 1 saturated carbocycles. The van der Waals surface area contributed by atoms with Crippen LogP contribution in [0.15, 0.2) is 24.3 Å². The summed E-state index contributed by atoms with van der Waals surface area (Å²) in [5.74, 6) is 0. The Morgan fingerprint density at radius 1 is 1.29 bits per heavy atom. The number of benzene rings is 1. The van der Waals surface area contributed by atoms with E-state index in [0.717, 1.165) is 24.8 Å². The maximum atomic E-state index is 11.0. The molecule has 0 heterocycles. The molecule has 2 N–H and O–H groups in total. The zero-order valence-electron chi connectivity index (χ0n) is 9.89. The average molecular weight is 234 g/mol. The summed E-state index contributed by atoms with van der Waals surface area (Å²) < 4.78 is 0. The van der Waals surface area contributed by atoms with Gasteiger partial charge in [-0.15, -0.1) is 0 Å². The fourth-order valence-electron chi connectivity index (χ4n) is 2.82. The molecule has 0 radical (unpaired) electrons. The van der Waals surface area contributed by atoms with Gasteiger partial charge in [0.25, 0.3) is 5.69 Å². The van der Waals surface area contributed by atoms with Crippen LogP contribution in [0, 0.1) is 15.5 Å². The van der Waals surface area contributed by atoms with E-state index in [0.29, 0.717) is 6.54 Å². The summed E-state index contributed by atoms with van der Waals surface area (Å²) in [5.41, 5.74) is 7.02. The van der Waals surface area contributed by atoms with Crippen molar-refractivity contribution in [3.63, 3.8) is 0 Å². The molecular weight excluding hydrogens is 216 g/mol. The average Bonchev–Trinajstić information content (AvgIpc) is 2.79. The Kier molecular flexibility index (Phi) is 3.43. The van der Waals surface area contributed by atoms with Crippen LogP contribution in [0.5, 0.6) is 0 Å². The van der Waals surface area contributed by atoms with Crippen molar-refractivity contribution in [2.24, 2.45) is 11.1 Å². The van der Waals surface area contributed by atoms with Gasteiger partial charge in [0.05, 0.1) is 4.92 Å². The van der Waals surface area contributed by atoms with E-state index in [9.17, 15) is 10.1 Å². The number of nitrogens with two attached hydrogens (primary N) is 1. The first-order valence-electron chi connectivity index (χ1n) is 6.09. The van der Waals surface area contributed by atoms with Gasteiger partial charge in [-0.3, -0.25) is 10.1 Å². The van der Waals surface area contributed by atoms with Crippen LogP contribution in [-0.4, -0.2) is 11.5 Å². The molecule has 0 saturated heterocycles. The molecule has 0 amide bonds. The number of hydrogen-bond acceptors (Lipinski definition) is 3. The lowest BCUT2D eigenvalue weighted by molar-refractivity contribution is -0.385. The Bertz CT molecular complexity index is 412. The number of nitrogens with zero attached hydrogens (tertiary/aromatic N) is 1. The van der Waals surface area contributed by atoms with E-state index >= 15 is 0 Å². The lowest BCUT2D eigenvalue weighted by atomic mass is 9.80. The monoisotopic (exact) mass is 234 g/mol. The highest BCUT2D eigenvalue weighted by Gasteiger charge is 2.34. The molecule has 1 fully saturated rings. The molecule has 17 heavy (non-hydrogen) atoms. The summed E-state index contributed by atoms with van der Waals surface area (Å²) in [5, 5.41) is 11.0. The van der Waals surface area contributed by atoms with Gasteiger partial charge >= 0.3 is 0 Å². The molecule has 0 bridgehead atoms. The first-order valence-corrected chi connectivity index (χ1v) is 6.09. The van der Waals surface area contributed by atoms with E-state index in [4.69, 9.17) is 5.73 Å². The molecule has 4 nitrogen and oxygen atoms in total. The third-order valence-electron chi connectivity index (χ3n) is 3.85. The van der Waals surface area contributed by atoms with Gasteiger partial charge in [-0.2, -0.15) is 0 Å². The molecule has 0 unspecified atom stereocenters. The molecule has 1 aromatic carbocycles. The van der Waals surface area contributed by atoms with E-state index in [1.807, 2.05) is 12.1 Å². The van der Waals surface area contributed by atoms with E-state index in [1.165, 1.54) is 12.8 Å². The minimum absolute atomic E-state index is 0.0894.